The second-order valence-corrected chi connectivity index (χ2v) is 7.37. The summed E-state index contributed by atoms with van der Waals surface area (Å²) in [5, 5.41) is 8.92. The molecule has 6 nitrogen and oxygen atoms in total. The fraction of sp³-hybridized carbons (Fsp3) is 0.526. The van der Waals surface area contributed by atoms with Gasteiger partial charge in [-0.2, -0.15) is 0 Å². The number of rotatable bonds is 4. The number of anilines is 1. The topological polar surface area (TPSA) is 87.3 Å². The molecule has 0 bridgehead atoms. The van der Waals surface area contributed by atoms with Crippen molar-refractivity contribution < 1.29 is 14.4 Å². The van der Waals surface area contributed by atoms with Crippen LogP contribution in [0.5, 0.6) is 0 Å². The van der Waals surface area contributed by atoms with E-state index in [0.717, 1.165) is 43.4 Å². The van der Waals surface area contributed by atoms with Crippen molar-refractivity contribution in [3.63, 3.8) is 0 Å². The maximum Gasteiger partial charge on any atom is 0.251 e. The van der Waals surface area contributed by atoms with Gasteiger partial charge in [0, 0.05) is 29.3 Å². The molecule has 1 aromatic rings. The van der Waals surface area contributed by atoms with Crippen LogP contribution in [0, 0.1) is 5.92 Å². The van der Waals surface area contributed by atoms with Crippen molar-refractivity contribution in [2.24, 2.45) is 5.92 Å². The molecule has 2 aliphatic carbocycles. The minimum Gasteiger partial charge on any atom is -0.353 e. The van der Waals surface area contributed by atoms with Crippen LogP contribution in [0.1, 0.15) is 54.4 Å². The van der Waals surface area contributed by atoms with Gasteiger partial charge in [0.2, 0.25) is 11.8 Å². The zero-order valence-corrected chi connectivity index (χ0v) is 14.1. The Morgan fingerprint density at radius 1 is 1.04 bits per heavy atom. The number of carbonyl (C=O) groups excluding carboxylic acids is 3. The Bertz CT molecular complexity index is 727. The normalized spacial score (nSPS) is 25.0. The van der Waals surface area contributed by atoms with Crippen molar-refractivity contribution in [3.8, 4) is 0 Å². The summed E-state index contributed by atoms with van der Waals surface area (Å²) in [6.45, 7) is 0. The summed E-state index contributed by atoms with van der Waals surface area (Å²) in [5.41, 5.74) is 2.05. The van der Waals surface area contributed by atoms with E-state index in [4.69, 9.17) is 0 Å². The van der Waals surface area contributed by atoms with Crippen molar-refractivity contribution >= 4 is 23.4 Å². The maximum atomic E-state index is 12.7. The third kappa shape index (κ3) is 3.52. The van der Waals surface area contributed by atoms with E-state index in [-0.39, 0.29) is 36.1 Å². The van der Waals surface area contributed by atoms with E-state index in [1.165, 1.54) is 0 Å². The van der Waals surface area contributed by atoms with Crippen molar-refractivity contribution in [3.05, 3.63) is 29.3 Å². The van der Waals surface area contributed by atoms with Gasteiger partial charge in [0.05, 0.1) is 6.42 Å². The van der Waals surface area contributed by atoms with E-state index < -0.39 is 0 Å². The lowest BCUT2D eigenvalue weighted by molar-refractivity contribution is -0.126. The summed E-state index contributed by atoms with van der Waals surface area (Å²) in [4.78, 5) is 36.6. The third-order valence-electron chi connectivity index (χ3n) is 5.34. The van der Waals surface area contributed by atoms with Gasteiger partial charge in [-0.3, -0.25) is 14.4 Å². The van der Waals surface area contributed by atoms with Crippen LogP contribution in [0.3, 0.4) is 0 Å². The van der Waals surface area contributed by atoms with Crippen LogP contribution < -0.4 is 16.0 Å². The quantitative estimate of drug-likeness (QED) is 0.780. The molecule has 3 amide bonds. The van der Waals surface area contributed by atoms with Gasteiger partial charge in [0.1, 0.15) is 0 Å². The second-order valence-electron chi connectivity index (χ2n) is 7.37. The van der Waals surface area contributed by atoms with Crippen LogP contribution >= 0.6 is 0 Å². The van der Waals surface area contributed by atoms with Gasteiger partial charge in [-0.05, 0) is 49.8 Å². The molecule has 0 spiro atoms. The molecule has 0 aromatic heterocycles. The monoisotopic (exact) mass is 341 g/mol. The lowest BCUT2D eigenvalue weighted by Crippen LogP contribution is -2.43. The van der Waals surface area contributed by atoms with E-state index in [0.29, 0.717) is 18.0 Å². The summed E-state index contributed by atoms with van der Waals surface area (Å²) < 4.78 is 0. The Hall–Kier alpha value is -2.37. The average Bonchev–Trinajstić information content (AvgIpc) is 3.32. The van der Waals surface area contributed by atoms with Crippen LogP contribution in [-0.2, 0) is 16.0 Å². The number of nitrogens with one attached hydrogen (secondary N) is 3. The standard InChI is InChI=1S/C19H23N3O3/c23-17-10-15-14(5-2-6-16(15)22-17)19(25)21-13-4-1-3-11(9-13)18(24)20-12-7-8-12/h2,5-6,11-13H,1,3-4,7-10H2,(H,20,24)(H,21,25)(H,22,23)/t11-,13+/m1/s1. The van der Waals surface area contributed by atoms with E-state index in [9.17, 15) is 14.4 Å². The Labute approximate surface area is 146 Å². The molecular weight excluding hydrogens is 318 g/mol. The van der Waals surface area contributed by atoms with Gasteiger partial charge < -0.3 is 16.0 Å². The van der Waals surface area contributed by atoms with Crippen LogP contribution in [0.25, 0.3) is 0 Å². The predicted molar refractivity (Wildman–Crippen MR) is 93.2 cm³/mol. The van der Waals surface area contributed by atoms with E-state index in [1.807, 2.05) is 6.07 Å². The molecule has 3 N–H and O–H groups in total. The zero-order chi connectivity index (χ0) is 17.4. The largest absolute Gasteiger partial charge is 0.353 e. The van der Waals surface area contributed by atoms with Crippen LogP contribution in [0.2, 0.25) is 0 Å². The molecule has 2 atom stereocenters. The molecule has 2 saturated carbocycles. The Kier molecular flexibility index (Phi) is 4.19. The lowest BCUT2D eigenvalue weighted by atomic mass is 9.85. The van der Waals surface area contributed by atoms with Crippen LogP contribution in [-0.4, -0.2) is 29.8 Å². The van der Waals surface area contributed by atoms with Crippen LogP contribution in [0.15, 0.2) is 18.2 Å². The molecule has 132 valence electrons. The fourth-order valence-corrected chi connectivity index (χ4v) is 3.83. The summed E-state index contributed by atoms with van der Waals surface area (Å²) >= 11 is 0. The molecule has 1 aliphatic heterocycles. The number of hydrogen-bond donors (Lipinski definition) is 3. The van der Waals surface area contributed by atoms with Crippen molar-refractivity contribution in [2.45, 2.75) is 57.0 Å². The SMILES string of the molecule is O=C1Cc2c(cccc2C(=O)N[C@H]2CCC[C@@H](C(=O)NC3CC3)C2)N1. The first-order valence-electron chi connectivity index (χ1n) is 9.13. The Balaban J connectivity index is 1.40. The molecule has 3 aliphatic rings. The molecule has 1 aromatic carbocycles. The van der Waals surface area contributed by atoms with E-state index >= 15 is 0 Å². The highest BCUT2D eigenvalue weighted by atomic mass is 16.2. The first-order valence-corrected chi connectivity index (χ1v) is 9.13. The lowest BCUT2D eigenvalue weighted by Gasteiger charge is -2.29. The second kappa shape index (κ2) is 6.50. The van der Waals surface area contributed by atoms with E-state index in [1.54, 1.807) is 12.1 Å². The number of amides is 3. The van der Waals surface area contributed by atoms with Gasteiger partial charge in [-0.25, -0.2) is 0 Å². The average molecular weight is 341 g/mol. The van der Waals surface area contributed by atoms with Gasteiger partial charge in [-0.15, -0.1) is 0 Å². The molecule has 0 unspecified atom stereocenters. The Morgan fingerprint density at radius 3 is 2.68 bits per heavy atom. The number of fused-ring (bicyclic) bond motifs is 1. The molecule has 2 fully saturated rings. The minimum atomic E-state index is -0.151. The third-order valence-corrected chi connectivity index (χ3v) is 5.34. The highest BCUT2D eigenvalue weighted by Gasteiger charge is 2.32. The summed E-state index contributed by atoms with van der Waals surface area (Å²) in [5.74, 6) is -0.104. The summed E-state index contributed by atoms with van der Waals surface area (Å²) in [6.07, 6.45) is 5.84. The molecule has 6 heteroatoms. The smallest absolute Gasteiger partial charge is 0.251 e. The summed E-state index contributed by atoms with van der Waals surface area (Å²) in [6, 6.07) is 5.74. The molecule has 25 heavy (non-hydrogen) atoms. The van der Waals surface area contributed by atoms with Gasteiger partial charge in [0.15, 0.2) is 0 Å². The van der Waals surface area contributed by atoms with Gasteiger partial charge in [-0.1, -0.05) is 12.5 Å². The van der Waals surface area contributed by atoms with Gasteiger partial charge in [0.25, 0.3) is 5.91 Å². The van der Waals surface area contributed by atoms with Crippen molar-refractivity contribution in [1.82, 2.24) is 10.6 Å². The first-order chi connectivity index (χ1) is 12.1. The fourth-order valence-electron chi connectivity index (χ4n) is 3.83. The number of carbonyl (C=O) groups is 3. The number of benzene rings is 1. The minimum absolute atomic E-state index is 0.00983. The number of hydrogen-bond acceptors (Lipinski definition) is 3. The van der Waals surface area contributed by atoms with Crippen LogP contribution in [0.4, 0.5) is 5.69 Å². The van der Waals surface area contributed by atoms with Crippen molar-refractivity contribution in [1.29, 1.82) is 0 Å². The summed E-state index contributed by atoms with van der Waals surface area (Å²) in [7, 11) is 0. The van der Waals surface area contributed by atoms with Crippen molar-refractivity contribution in [2.75, 3.05) is 5.32 Å². The zero-order valence-electron chi connectivity index (χ0n) is 14.1. The Morgan fingerprint density at radius 2 is 1.88 bits per heavy atom. The van der Waals surface area contributed by atoms with Gasteiger partial charge >= 0.3 is 0 Å². The highest BCUT2D eigenvalue weighted by molar-refractivity contribution is 6.05. The molecule has 4 rings (SSSR count). The predicted octanol–water partition coefficient (Wildman–Crippen LogP) is 1.75. The molecular formula is C19H23N3O3. The molecule has 0 radical (unpaired) electrons. The molecule has 1 heterocycles. The van der Waals surface area contributed by atoms with E-state index in [2.05, 4.69) is 16.0 Å². The molecule has 0 saturated heterocycles. The maximum absolute atomic E-state index is 12.7. The highest BCUT2D eigenvalue weighted by Crippen LogP contribution is 2.29. The first kappa shape index (κ1) is 16.1.